The molecule has 0 saturated carbocycles. The molecule has 0 radical (unpaired) electrons. The van der Waals surface area contributed by atoms with Gasteiger partial charge < -0.3 is 0 Å². The monoisotopic (exact) mass is 248 g/mol. The van der Waals surface area contributed by atoms with Crippen LogP contribution in [0.2, 0.25) is 5.15 Å². The van der Waals surface area contributed by atoms with Gasteiger partial charge >= 0.3 is 0 Å². The topological polar surface area (TPSA) is 45.8 Å². The van der Waals surface area contributed by atoms with Crippen molar-refractivity contribution in [1.29, 1.82) is 0 Å². The minimum Gasteiger partial charge on any atom is -0.267 e. The molecule has 88 valence electrons. The van der Waals surface area contributed by atoms with Gasteiger partial charge in [-0.15, -0.1) is 0 Å². The lowest BCUT2D eigenvalue weighted by molar-refractivity contribution is 0.922. The lowest BCUT2D eigenvalue weighted by atomic mass is 10.0. The Kier molecular flexibility index (Phi) is 3.59. The summed E-state index contributed by atoms with van der Waals surface area (Å²) >= 11 is 5.79. The second-order valence-corrected chi connectivity index (χ2v) is 4.27. The van der Waals surface area contributed by atoms with Gasteiger partial charge in [-0.3, -0.25) is 4.79 Å². The Bertz CT molecular complexity index is 578. The highest BCUT2D eigenvalue weighted by Gasteiger charge is 2.05. The Labute approximate surface area is 104 Å². The van der Waals surface area contributed by atoms with Crippen molar-refractivity contribution in [2.24, 2.45) is 0 Å². The Morgan fingerprint density at radius 2 is 2.18 bits per heavy atom. The van der Waals surface area contributed by atoms with Gasteiger partial charge in [0.15, 0.2) is 0 Å². The number of aromatic nitrogens is 2. The maximum atomic E-state index is 11.7. The molecule has 0 aliphatic heterocycles. The molecule has 0 fully saturated rings. The zero-order valence-corrected chi connectivity index (χ0v) is 10.3. The van der Waals surface area contributed by atoms with Gasteiger partial charge in [-0.05, 0) is 23.6 Å². The van der Waals surface area contributed by atoms with E-state index in [-0.39, 0.29) is 5.56 Å². The van der Waals surface area contributed by atoms with Gasteiger partial charge in [0.2, 0.25) is 0 Å². The molecule has 1 heterocycles. The fourth-order valence-corrected chi connectivity index (χ4v) is 1.93. The molecule has 3 nitrogen and oxygen atoms in total. The lowest BCUT2D eigenvalue weighted by Crippen LogP contribution is -2.10. The smallest absolute Gasteiger partial charge is 0.267 e. The number of nitrogens with one attached hydrogen (secondary N) is 1. The summed E-state index contributed by atoms with van der Waals surface area (Å²) in [7, 11) is 0. The highest BCUT2D eigenvalue weighted by atomic mass is 35.5. The lowest BCUT2D eigenvalue weighted by Gasteiger charge is -2.04. The highest BCUT2D eigenvalue weighted by molar-refractivity contribution is 6.29. The van der Waals surface area contributed by atoms with Crippen molar-refractivity contribution >= 4 is 11.6 Å². The molecule has 17 heavy (non-hydrogen) atoms. The summed E-state index contributed by atoms with van der Waals surface area (Å²) in [4.78, 5) is 11.7. The SMILES string of the molecule is CCCc1cccc(-c2cc(Cl)n[nH]c2=O)c1. The van der Waals surface area contributed by atoms with Gasteiger partial charge in [0.05, 0.1) is 5.56 Å². The zero-order valence-electron chi connectivity index (χ0n) is 9.53. The maximum Gasteiger partial charge on any atom is 0.272 e. The predicted octanol–water partition coefficient (Wildman–Crippen LogP) is 3.04. The summed E-state index contributed by atoms with van der Waals surface area (Å²) in [6, 6.07) is 9.52. The average molecular weight is 249 g/mol. The van der Waals surface area contributed by atoms with Crippen molar-refractivity contribution in [3.05, 3.63) is 51.4 Å². The van der Waals surface area contributed by atoms with Gasteiger partial charge in [-0.2, -0.15) is 5.10 Å². The van der Waals surface area contributed by atoms with Crippen LogP contribution >= 0.6 is 11.6 Å². The second kappa shape index (κ2) is 5.15. The first-order valence-corrected chi connectivity index (χ1v) is 5.93. The maximum absolute atomic E-state index is 11.7. The number of aromatic amines is 1. The molecular formula is C13H13ClN2O. The van der Waals surface area contributed by atoms with Gasteiger partial charge in [-0.1, -0.05) is 49.2 Å². The number of nitrogens with zero attached hydrogens (tertiary/aromatic N) is 1. The number of H-pyrrole nitrogens is 1. The standard InChI is InChI=1S/C13H13ClN2O/c1-2-4-9-5-3-6-10(7-9)11-8-12(14)15-16-13(11)17/h3,5-8H,2,4H2,1H3,(H,16,17). The number of hydrogen-bond donors (Lipinski definition) is 1. The first-order valence-electron chi connectivity index (χ1n) is 5.55. The minimum atomic E-state index is -0.219. The molecule has 0 bridgehead atoms. The summed E-state index contributed by atoms with van der Waals surface area (Å²) in [6.07, 6.45) is 2.08. The fourth-order valence-electron chi connectivity index (χ4n) is 1.78. The molecule has 0 spiro atoms. The summed E-state index contributed by atoms with van der Waals surface area (Å²) in [5.74, 6) is 0. The molecule has 4 heteroatoms. The second-order valence-electron chi connectivity index (χ2n) is 3.88. The number of halogens is 1. The van der Waals surface area contributed by atoms with Crippen LogP contribution in [0.1, 0.15) is 18.9 Å². The molecule has 2 aromatic rings. The number of rotatable bonds is 3. The predicted molar refractivity (Wildman–Crippen MR) is 69.3 cm³/mol. The molecule has 1 aromatic heterocycles. The first-order chi connectivity index (χ1) is 8.20. The molecule has 0 atom stereocenters. The molecule has 1 N–H and O–H groups in total. The Hall–Kier alpha value is -1.61. The van der Waals surface area contributed by atoms with Gasteiger partial charge in [0.1, 0.15) is 5.15 Å². The van der Waals surface area contributed by atoms with E-state index >= 15 is 0 Å². The summed E-state index contributed by atoms with van der Waals surface area (Å²) in [5, 5.41) is 6.32. The molecule has 0 saturated heterocycles. The third-order valence-electron chi connectivity index (χ3n) is 2.55. The van der Waals surface area contributed by atoms with Crippen LogP contribution in [0.4, 0.5) is 0 Å². The largest absolute Gasteiger partial charge is 0.272 e. The van der Waals surface area contributed by atoms with Crippen LogP contribution in [0.25, 0.3) is 11.1 Å². The van der Waals surface area contributed by atoms with Crippen LogP contribution in [-0.2, 0) is 6.42 Å². The van der Waals surface area contributed by atoms with E-state index in [9.17, 15) is 4.79 Å². The van der Waals surface area contributed by atoms with Crippen LogP contribution in [0.3, 0.4) is 0 Å². The molecule has 0 aliphatic carbocycles. The van der Waals surface area contributed by atoms with Crippen LogP contribution in [-0.4, -0.2) is 10.2 Å². The van der Waals surface area contributed by atoms with Crippen molar-refractivity contribution in [3.8, 4) is 11.1 Å². The van der Waals surface area contributed by atoms with Crippen molar-refractivity contribution < 1.29 is 0 Å². The van der Waals surface area contributed by atoms with E-state index in [1.807, 2.05) is 18.2 Å². The van der Waals surface area contributed by atoms with Gasteiger partial charge in [-0.25, -0.2) is 5.10 Å². The Balaban J connectivity index is 2.49. The van der Waals surface area contributed by atoms with Crippen molar-refractivity contribution in [2.45, 2.75) is 19.8 Å². The van der Waals surface area contributed by atoms with Crippen LogP contribution in [0.5, 0.6) is 0 Å². The van der Waals surface area contributed by atoms with E-state index in [0.29, 0.717) is 10.7 Å². The average Bonchev–Trinajstić information content (AvgIpc) is 2.33. The van der Waals surface area contributed by atoms with E-state index in [0.717, 1.165) is 18.4 Å². The van der Waals surface area contributed by atoms with E-state index in [1.54, 1.807) is 6.07 Å². The zero-order chi connectivity index (χ0) is 12.3. The fraction of sp³-hybridized carbons (Fsp3) is 0.231. The quantitative estimate of drug-likeness (QED) is 0.908. The Morgan fingerprint density at radius 3 is 2.94 bits per heavy atom. The summed E-state index contributed by atoms with van der Waals surface area (Å²) in [5.41, 5.74) is 2.44. The van der Waals surface area contributed by atoms with Crippen LogP contribution < -0.4 is 5.56 Å². The number of hydrogen-bond acceptors (Lipinski definition) is 2. The van der Waals surface area contributed by atoms with Crippen molar-refractivity contribution in [2.75, 3.05) is 0 Å². The van der Waals surface area contributed by atoms with Crippen LogP contribution in [0.15, 0.2) is 35.1 Å². The number of aryl methyl sites for hydroxylation is 1. The van der Waals surface area contributed by atoms with E-state index in [4.69, 9.17) is 11.6 Å². The summed E-state index contributed by atoms with van der Waals surface area (Å²) in [6.45, 7) is 2.13. The number of benzene rings is 1. The molecule has 0 aliphatic rings. The molecule has 0 unspecified atom stereocenters. The summed E-state index contributed by atoms with van der Waals surface area (Å²) < 4.78 is 0. The Morgan fingerprint density at radius 1 is 1.35 bits per heavy atom. The van der Waals surface area contributed by atoms with E-state index in [1.165, 1.54) is 5.56 Å². The highest BCUT2D eigenvalue weighted by Crippen LogP contribution is 2.19. The van der Waals surface area contributed by atoms with Crippen LogP contribution in [0, 0.1) is 0 Å². The third-order valence-corrected chi connectivity index (χ3v) is 2.74. The third kappa shape index (κ3) is 2.74. The molecule has 0 amide bonds. The van der Waals surface area contributed by atoms with Crippen molar-refractivity contribution in [1.82, 2.24) is 10.2 Å². The van der Waals surface area contributed by atoms with Crippen molar-refractivity contribution in [3.63, 3.8) is 0 Å². The van der Waals surface area contributed by atoms with Gasteiger partial charge in [0, 0.05) is 0 Å². The van der Waals surface area contributed by atoms with E-state index < -0.39 is 0 Å². The molecule has 2 rings (SSSR count). The van der Waals surface area contributed by atoms with Gasteiger partial charge in [0.25, 0.3) is 5.56 Å². The molecular weight excluding hydrogens is 236 g/mol. The first kappa shape index (κ1) is 11.9. The minimum absolute atomic E-state index is 0.219. The normalized spacial score (nSPS) is 10.5. The van der Waals surface area contributed by atoms with E-state index in [2.05, 4.69) is 23.2 Å². The molecule has 1 aromatic carbocycles.